The van der Waals surface area contributed by atoms with Crippen LogP contribution in [0.25, 0.3) is 34.1 Å². The van der Waals surface area contributed by atoms with Crippen LogP contribution in [0.4, 0.5) is 5.82 Å². The van der Waals surface area contributed by atoms with Crippen LogP contribution < -0.4 is 5.32 Å². The van der Waals surface area contributed by atoms with Gasteiger partial charge in [0.05, 0.1) is 17.3 Å². The zero-order chi connectivity index (χ0) is 20.0. The maximum Gasteiger partial charge on any atom is 0.138 e. The van der Waals surface area contributed by atoms with Crippen LogP contribution in [0.3, 0.4) is 0 Å². The molecule has 0 radical (unpaired) electrons. The lowest BCUT2D eigenvalue weighted by Gasteiger charge is -2.19. The Balaban J connectivity index is 1.81. The number of anilines is 1. The summed E-state index contributed by atoms with van der Waals surface area (Å²) in [7, 11) is 0. The van der Waals surface area contributed by atoms with E-state index in [1.165, 1.54) is 0 Å². The van der Waals surface area contributed by atoms with Crippen molar-refractivity contribution in [1.82, 2.24) is 14.4 Å². The number of aromatic nitrogens is 3. The number of benzene rings is 1. The quantitative estimate of drug-likeness (QED) is 0.523. The van der Waals surface area contributed by atoms with Gasteiger partial charge in [0.1, 0.15) is 11.5 Å². The summed E-state index contributed by atoms with van der Waals surface area (Å²) in [6.07, 6.45) is 9.72. The summed E-state index contributed by atoms with van der Waals surface area (Å²) in [4.78, 5) is 9.29. The van der Waals surface area contributed by atoms with Gasteiger partial charge < -0.3 is 9.72 Å². The van der Waals surface area contributed by atoms with Crippen molar-refractivity contribution in [3.8, 4) is 28.5 Å². The minimum atomic E-state index is 0.648. The number of rotatable bonds is 2. The molecule has 0 bridgehead atoms. The Morgan fingerprint density at radius 2 is 2.03 bits per heavy atom. The Bertz CT molecular complexity index is 1370. The van der Waals surface area contributed by atoms with Crippen molar-refractivity contribution in [3.63, 3.8) is 0 Å². The third-order valence-electron chi connectivity index (χ3n) is 5.20. The fraction of sp³-hybridized carbons (Fsp3) is 0.0417. The summed E-state index contributed by atoms with van der Waals surface area (Å²) in [5.41, 5.74) is 8.04. The molecule has 5 heteroatoms. The van der Waals surface area contributed by atoms with Crippen LogP contribution in [0, 0.1) is 18.3 Å². The minimum absolute atomic E-state index is 0.648. The first-order valence-electron chi connectivity index (χ1n) is 9.26. The average Bonchev–Trinajstić information content (AvgIpc) is 3.21. The van der Waals surface area contributed by atoms with Crippen LogP contribution in [-0.2, 0) is 0 Å². The van der Waals surface area contributed by atoms with Gasteiger partial charge in [0, 0.05) is 46.5 Å². The molecule has 1 aliphatic heterocycles. The highest BCUT2D eigenvalue weighted by molar-refractivity contribution is 5.88. The lowest BCUT2D eigenvalue weighted by molar-refractivity contribution is 1.18. The van der Waals surface area contributed by atoms with Gasteiger partial charge in [-0.25, -0.2) is 9.97 Å². The highest BCUT2D eigenvalue weighted by Gasteiger charge is 2.18. The fourth-order valence-corrected chi connectivity index (χ4v) is 3.66. The third-order valence-corrected chi connectivity index (χ3v) is 5.20. The molecular formula is C24H17N5. The molecular weight excluding hydrogens is 358 g/mol. The second kappa shape index (κ2) is 6.47. The molecule has 0 saturated carbocycles. The highest BCUT2D eigenvalue weighted by atomic mass is 15.0. The molecule has 0 amide bonds. The number of imidazole rings is 1. The predicted molar refractivity (Wildman–Crippen MR) is 115 cm³/mol. The second-order valence-electron chi connectivity index (χ2n) is 7.01. The van der Waals surface area contributed by atoms with E-state index in [4.69, 9.17) is 4.98 Å². The van der Waals surface area contributed by atoms with E-state index in [0.29, 0.717) is 5.56 Å². The molecule has 5 rings (SSSR count). The van der Waals surface area contributed by atoms with Crippen molar-refractivity contribution in [2.24, 2.45) is 0 Å². The molecule has 29 heavy (non-hydrogen) atoms. The monoisotopic (exact) mass is 375 g/mol. The van der Waals surface area contributed by atoms with Crippen LogP contribution in [0.15, 0.2) is 73.3 Å². The molecule has 138 valence electrons. The summed E-state index contributed by atoms with van der Waals surface area (Å²) in [6, 6.07) is 14.2. The van der Waals surface area contributed by atoms with Crippen molar-refractivity contribution >= 4 is 17.5 Å². The summed E-state index contributed by atoms with van der Waals surface area (Å²) in [5, 5.41) is 12.7. The molecule has 0 atom stereocenters. The molecule has 0 spiro atoms. The molecule has 1 aromatic carbocycles. The van der Waals surface area contributed by atoms with Crippen LogP contribution in [-0.4, -0.2) is 14.4 Å². The standard InChI is InChI=1S/C24H17N5/c1-15-6-7-17-12-21(19-8-9-22-26-10-11-29(22)14-19)23(28-24(17)27-15)20-5-3-4-18(13-25)16(20)2/h3-12,14H,1H2,2H3,(H,27,28). The van der Waals surface area contributed by atoms with Crippen molar-refractivity contribution < 1.29 is 0 Å². The number of hydrogen-bond donors (Lipinski definition) is 1. The van der Waals surface area contributed by atoms with Crippen molar-refractivity contribution in [2.75, 3.05) is 5.32 Å². The first kappa shape index (κ1) is 17.0. The summed E-state index contributed by atoms with van der Waals surface area (Å²) < 4.78 is 1.99. The molecule has 1 N–H and O–H groups in total. The lowest BCUT2D eigenvalue weighted by Crippen LogP contribution is -2.06. The number of nitrogens with zero attached hydrogens (tertiary/aromatic N) is 4. The Kier molecular flexibility index (Phi) is 3.78. The van der Waals surface area contributed by atoms with Gasteiger partial charge in [-0.3, -0.25) is 0 Å². The second-order valence-corrected chi connectivity index (χ2v) is 7.01. The minimum Gasteiger partial charge on any atom is -0.340 e. The summed E-state index contributed by atoms with van der Waals surface area (Å²) >= 11 is 0. The summed E-state index contributed by atoms with van der Waals surface area (Å²) in [5.74, 6) is 0.765. The van der Waals surface area contributed by atoms with Crippen LogP contribution in [0.1, 0.15) is 16.7 Å². The van der Waals surface area contributed by atoms with E-state index in [9.17, 15) is 5.26 Å². The first-order chi connectivity index (χ1) is 14.1. The van der Waals surface area contributed by atoms with Gasteiger partial charge in [-0.15, -0.1) is 0 Å². The van der Waals surface area contributed by atoms with Crippen LogP contribution in [0.5, 0.6) is 0 Å². The maximum atomic E-state index is 9.48. The lowest BCUT2D eigenvalue weighted by atomic mass is 9.93. The first-order valence-corrected chi connectivity index (χ1v) is 9.26. The van der Waals surface area contributed by atoms with Gasteiger partial charge in [0.25, 0.3) is 0 Å². The third kappa shape index (κ3) is 2.79. The Morgan fingerprint density at radius 1 is 1.14 bits per heavy atom. The number of nitrogens with one attached hydrogen (secondary N) is 1. The molecule has 5 nitrogen and oxygen atoms in total. The van der Waals surface area contributed by atoms with Gasteiger partial charge in [0.15, 0.2) is 0 Å². The van der Waals surface area contributed by atoms with Crippen LogP contribution in [0.2, 0.25) is 0 Å². The van der Waals surface area contributed by atoms with E-state index < -0.39 is 0 Å². The molecule has 1 aliphatic rings. The van der Waals surface area contributed by atoms with Gasteiger partial charge in [-0.2, -0.15) is 5.26 Å². The maximum absolute atomic E-state index is 9.48. The number of pyridine rings is 2. The Labute approximate surface area is 168 Å². The van der Waals surface area contributed by atoms with E-state index in [1.54, 1.807) is 6.20 Å². The van der Waals surface area contributed by atoms with Crippen molar-refractivity contribution in [1.29, 1.82) is 5.26 Å². The molecule has 3 aromatic heterocycles. The van der Waals surface area contributed by atoms with E-state index in [0.717, 1.165) is 50.7 Å². The van der Waals surface area contributed by atoms with Gasteiger partial charge in [-0.05, 0) is 48.9 Å². The van der Waals surface area contributed by atoms with Gasteiger partial charge >= 0.3 is 0 Å². The molecule has 0 aliphatic carbocycles. The van der Waals surface area contributed by atoms with Crippen molar-refractivity contribution in [3.05, 3.63) is 90.0 Å². The number of nitriles is 1. The van der Waals surface area contributed by atoms with Crippen molar-refractivity contribution in [2.45, 2.75) is 6.92 Å². The zero-order valence-electron chi connectivity index (χ0n) is 15.8. The van der Waals surface area contributed by atoms with Gasteiger partial charge in [0.2, 0.25) is 0 Å². The zero-order valence-corrected chi connectivity index (χ0v) is 15.8. The summed E-state index contributed by atoms with van der Waals surface area (Å²) in [6.45, 7) is 5.94. The molecule has 0 saturated heterocycles. The average molecular weight is 375 g/mol. The van der Waals surface area contributed by atoms with E-state index in [-0.39, 0.29) is 0 Å². The van der Waals surface area contributed by atoms with Gasteiger partial charge in [-0.1, -0.05) is 18.7 Å². The SMILES string of the molecule is C=C1C=Cc2cc(-c3ccc4nccn4c3)c(-c3cccc(C#N)c3C)nc2N1. The van der Waals surface area contributed by atoms with E-state index in [1.807, 2.05) is 53.9 Å². The fourth-order valence-electron chi connectivity index (χ4n) is 3.66. The number of hydrogen-bond acceptors (Lipinski definition) is 4. The Hall–Kier alpha value is -4.17. The van der Waals surface area contributed by atoms with E-state index >= 15 is 0 Å². The predicted octanol–water partition coefficient (Wildman–Crippen LogP) is 5.20. The largest absolute Gasteiger partial charge is 0.340 e. The molecule has 4 heterocycles. The Morgan fingerprint density at radius 3 is 2.90 bits per heavy atom. The smallest absolute Gasteiger partial charge is 0.138 e. The van der Waals surface area contributed by atoms with E-state index in [2.05, 4.69) is 41.3 Å². The van der Waals surface area contributed by atoms with Crippen LogP contribution >= 0.6 is 0 Å². The molecule has 0 fully saturated rings. The molecule has 4 aromatic rings. The number of allylic oxidation sites excluding steroid dienone is 1. The highest BCUT2D eigenvalue weighted by Crippen LogP contribution is 2.37. The topological polar surface area (TPSA) is 66.0 Å². The normalized spacial score (nSPS) is 12.5. The number of fused-ring (bicyclic) bond motifs is 2. The molecule has 0 unspecified atom stereocenters.